The zero-order chi connectivity index (χ0) is 12.3. The first-order valence-corrected chi connectivity index (χ1v) is 5.54. The highest BCUT2D eigenvalue weighted by Gasteiger charge is 2.03. The lowest BCUT2D eigenvalue weighted by molar-refractivity contribution is 0.457. The summed E-state index contributed by atoms with van der Waals surface area (Å²) in [4.78, 5) is 8.21. The quantitative estimate of drug-likeness (QED) is 0.822. The number of nitrogens with zero attached hydrogens (tertiary/aromatic N) is 2. The number of hydrogen-bond donors (Lipinski definition) is 1. The van der Waals surface area contributed by atoms with E-state index in [0.29, 0.717) is 5.88 Å². The summed E-state index contributed by atoms with van der Waals surface area (Å²) in [5, 5.41) is 0. The van der Waals surface area contributed by atoms with E-state index < -0.39 is 0 Å². The number of anilines is 1. The number of hydrogen-bond acceptors (Lipinski definition) is 4. The lowest BCUT2D eigenvalue weighted by Gasteiger charge is -2.08. The van der Waals surface area contributed by atoms with Gasteiger partial charge in [0.15, 0.2) is 0 Å². The maximum atomic E-state index is 5.70. The van der Waals surface area contributed by atoms with E-state index in [2.05, 4.69) is 9.97 Å². The molecule has 0 fully saturated rings. The molecule has 2 rings (SSSR count). The third kappa shape index (κ3) is 2.72. The monoisotopic (exact) mass is 229 g/mol. The van der Waals surface area contributed by atoms with Gasteiger partial charge in [0.1, 0.15) is 12.1 Å². The van der Waals surface area contributed by atoms with Gasteiger partial charge in [-0.05, 0) is 37.1 Å². The molecule has 0 aliphatic rings. The molecular weight excluding hydrogens is 214 g/mol. The van der Waals surface area contributed by atoms with Gasteiger partial charge >= 0.3 is 0 Å². The van der Waals surface area contributed by atoms with Crippen LogP contribution in [-0.4, -0.2) is 9.97 Å². The van der Waals surface area contributed by atoms with Crippen molar-refractivity contribution in [2.45, 2.75) is 20.3 Å². The summed E-state index contributed by atoms with van der Waals surface area (Å²) in [7, 11) is 0. The lowest BCUT2D eigenvalue weighted by atomic mass is 10.2. The minimum Gasteiger partial charge on any atom is -0.439 e. The minimum absolute atomic E-state index is 0.560. The van der Waals surface area contributed by atoms with Gasteiger partial charge in [0.25, 0.3) is 0 Å². The van der Waals surface area contributed by atoms with Crippen molar-refractivity contribution in [3.05, 3.63) is 41.9 Å². The molecule has 0 amide bonds. The van der Waals surface area contributed by atoms with Crippen LogP contribution in [0.25, 0.3) is 0 Å². The molecular formula is C13H15N3O. The number of aryl methyl sites for hydroxylation is 2. The molecule has 0 saturated heterocycles. The first-order valence-electron chi connectivity index (χ1n) is 5.54. The second-order valence-electron chi connectivity index (χ2n) is 3.83. The molecule has 0 spiro atoms. The first kappa shape index (κ1) is 11.4. The van der Waals surface area contributed by atoms with Crippen molar-refractivity contribution in [2.75, 3.05) is 5.73 Å². The van der Waals surface area contributed by atoms with E-state index in [1.807, 2.05) is 38.1 Å². The Hall–Kier alpha value is -2.10. The molecule has 88 valence electrons. The standard InChI is InChI=1S/C13H15N3O/c1-3-11-7-13(16-8-15-11)17-12-5-4-10(14)6-9(12)2/h4-8H,3,14H2,1-2H3. The molecule has 17 heavy (non-hydrogen) atoms. The van der Waals surface area contributed by atoms with Gasteiger partial charge in [-0.2, -0.15) is 0 Å². The molecule has 2 aromatic rings. The van der Waals surface area contributed by atoms with Gasteiger partial charge in [0, 0.05) is 17.4 Å². The van der Waals surface area contributed by atoms with E-state index in [9.17, 15) is 0 Å². The lowest BCUT2D eigenvalue weighted by Crippen LogP contribution is -1.95. The third-order valence-electron chi connectivity index (χ3n) is 2.47. The van der Waals surface area contributed by atoms with E-state index in [0.717, 1.165) is 29.1 Å². The summed E-state index contributed by atoms with van der Waals surface area (Å²) in [6, 6.07) is 7.37. The highest BCUT2D eigenvalue weighted by molar-refractivity contribution is 5.48. The average molecular weight is 229 g/mol. The molecule has 1 aromatic heterocycles. The largest absolute Gasteiger partial charge is 0.439 e. The fourth-order valence-corrected chi connectivity index (χ4v) is 1.53. The highest BCUT2D eigenvalue weighted by atomic mass is 16.5. The predicted octanol–water partition coefficient (Wildman–Crippen LogP) is 2.72. The maximum Gasteiger partial charge on any atom is 0.222 e. The minimum atomic E-state index is 0.560. The van der Waals surface area contributed by atoms with Gasteiger partial charge in [-0.25, -0.2) is 9.97 Å². The number of nitrogen functional groups attached to an aromatic ring is 1. The van der Waals surface area contributed by atoms with Crippen LogP contribution in [0.1, 0.15) is 18.2 Å². The van der Waals surface area contributed by atoms with Crippen molar-refractivity contribution in [1.82, 2.24) is 9.97 Å². The summed E-state index contributed by atoms with van der Waals surface area (Å²) < 4.78 is 5.70. The van der Waals surface area contributed by atoms with Crippen LogP contribution in [0.5, 0.6) is 11.6 Å². The zero-order valence-corrected chi connectivity index (χ0v) is 9.97. The summed E-state index contributed by atoms with van der Waals surface area (Å²) in [5.74, 6) is 1.32. The van der Waals surface area contributed by atoms with Crippen LogP contribution in [0.3, 0.4) is 0 Å². The summed E-state index contributed by atoms with van der Waals surface area (Å²) in [5.41, 5.74) is 8.36. The van der Waals surface area contributed by atoms with E-state index in [-0.39, 0.29) is 0 Å². The van der Waals surface area contributed by atoms with E-state index in [1.165, 1.54) is 6.33 Å². The smallest absolute Gasteiger partial charge is 0.222 e. The number of aromatic nitrogens is 2. The molecule has 4 nitrogen and oxygen atoms in total. The topological polar surface area (TPSA) is 61.0 Å². The Kier molecular flexibility index (Phi) is 3.23. The molecule has 0 saturated carbocycles. The molecule has 4 heteroatoms. The Morgan fingerprint density at radius 2 is 2.06 bits per heavy atom. The number of benzene rings is 1. The molecule has 0 atom stereocenters. The zero-order valence-electron chi connectivity index (χ0n) is 9.97. The third-order valence-corrected chi connectivity index (χ3v) is 2.47. The van der Waals surface area contributed by atoms with Crippen molar-refractivity contribution in [1.29, 1.82) is 0 Å². The second kappa shape index (κ2) is 4.82. The van der Waals surface area contributed by atoms with E-state index in [1.54, 1.807) is 0 Å². The summed E-state index contributed by atoms with van der Waals surface area (Å²) in [6.45, 7) is 3.99. The van der Waals surface area contributed by atoms with Crippen LogP contribution in [0.2, 0.25) is 0 Å². The first-order chi connectivity index (χ1) is 8.19. The molecule has 0 aliphatic heterocycles. The average Bonchev–Trinajstić information content (AvgIpc) is 2.33. The molecule has 1 aromatic carbocycles. The van der Waals surface area contributed by atoms with Gasteiger partial charge in [0.2, 0.25) is 5.88 Å². The van der Waals surface area contributed by atoms with Crippen molar-refractivity contribution < 1.29 is 4.74 Å². The molecule has 0 aliphatic carbocycles. The van der Waals surface area contributed by atoms with E-state index >= 15 is 0 Å². The highest BCUT2D eigenvalue weighted by Crippen LogP contribution is 2.25. The summed E-state index contributed by atoms with van der Waals surface area (Å²) >= 11 is 0. The normalized spacial score (nSPS) is 10.2. The van der Waals surface area contributed by atoms with Crippen molar-refractivity contribution in [2.24, 2.45) is 0 Å². The van der Waals surface area contributed by atoms with Gasteiger partial charge < -0.3 is 10.5 Å². The molecule has 0 unspecified atom stereocenters. The number of ether oxygens (including phenoxy) is 1. The molecule has 2 N–H and O–H groups in total. The van der Waals surface area contributed by atoms with Gasteiger partial charge in [0.05, 0.1) is 0 Å². The molecule has 1 heterocycles. The van der Waals surface area contributed by atoms with Gasteiger partial charge in [-0.1, -0.05) is 6.92 Å². The van der Waals surface area contributed by atoms with Crippen molar-refractivity contribution in [3.63, 3.8) is 0 Å². The number of nitrogens with two attached hydrogens (primary N) is 1. The van der Waals surface area contributed by atoms with Crippen LogP contribution in [0.15, 0.2) is 30.6 Å². The maximum absolute atomic E-state index is 5.70. The Morgan fingerprint density at radius 1 is 1.24 bits per heavy atom. The SMILES string of the molecule is CCc1cc(Oc2ccc(N)cc2C)ncn1. The van der Waals surface area contributed by atoms with E-state index in [4.69, 9.17) is 10.5 Å². The van der Waals surface area contributed by atoms with Gasteiger partial charge in [-0.3, -0.25) is 0 Å². The van der Waals surface area contributed by atoms with Crippen molar-refractivity contribution in [3.8, 4) is 11.6 Å². The van der Waals surface area contributed by atoms with Crippen LogP contribution in [0, 0.1) is 6.92 Å². The molecule has 0 radical (unpaired) electrons. The van der Waals surface area contributed by atoms with Crippen LogP contribution in [0.4, 0.5) is 5.69 Å². The van der Waals surface area contributed by atoms with Crippen LogP contribution >= 0.6 is 0 Å². The fraction of sp³-hybridized carbons (Fsp3) is 0.231. The Bertz CT molecular complexity index is 526. The van der Waals surface area contributed by atoms with Crippen LogP contribution < -0.4 is 10.5 Å². The number of rotatable bonds is 3. The Balaban J connectivity index is 2.25. The van der Waals surface area contributed by atoms with Crippen molar-refractivity contribution >= 4 is 5.69 Å². The summed E-state index contributed by atoms with van der Waals surface area (Å²) in [6.07, 6.45) is 2.38. The van der Waals surface area contributed by atoms with Gasteiger partial charge in [-0.15, -0.1) is 0 Å². The fourth-order valence-electron chi connectivity index (χ4n) is 1.53. The second-order valence-corrected chi connectivity index (χ2v) is 3.83. The Labute approximate surface area is 100 Å². The Morgan fingerprint density at radius 3 is 2.76 bits per heavy atom. The van der Waals surface area contributed by atoms with Crippen LogP contribution in [-0.2, 0) is 6.42 Å². The molecule has 0 bridgehead atoms. The predicted molar refractivity (Wildman–Crippen MR) is 67.1 cm³/mol.